The van der Waals surface area contributed by atoms with Crippen LogP contribution in [0.1, 0.15) is 5.56 Å². The summed E-state index contributed by atoms with van der Waals surface area (Å²) < 4.78 is 13.8. The fourth-order valence-electron chi connectivity index (χ4n) is 1.49. The van der Waals surface area contributed by atoms with Crippen LogP contribution in [-0.4, -0.2) is 6.03 Å². The van der Waals surface area contributed by atoms with Gasteiger partial charge in [0, 0.05) is 15.8 Å². The first-order chi connectivity index (χ1) is 9.13. The molecule has 0 aliphatic carbocycles. The number of hydrogen-bond acceptors (Lipinski definition) is 1. The van der Waals surface area contributed by atoms with Crippen LogP contribution in [0.5, 0.6) is 0 Å². The second-order valence-corrected chi connectivity index (χ2v) is 5.19. The van der Waals surface area contributed by atoms with Crippen LogP contribution >= 0.6 is 22.6 Å². The minimum absolute atomic E-state index is 0.285. The van der Waals surface area contributed by atoms with E-state index in [0.29, 0.717) is 6.54 Å². The first kappa shape index (κ1) is 13.8. The van der Waals surface area contributed by atoms with E-state index in [4.69, 9.17) is 0 Å². The highest BCUT2D eigenvalue weighted by Crippen LogP contribution is 2.10. The van der Waals surface area contributed by atoms with Crippen LogP contribution in [0.2, 0.25) is 0 Å². The Morgan fingerprint density at radius 3 is 2.32 bits per heavy atom. The van der Waals surface area contributed by atoms with Crippen molar-refractivity contribution in [2.24, 2.45) is 0 Å². The molecule has 2 aromatic carbocycles. The van der Waals surface area contributed by atoms with Crippen molar-refractivity contribution in [1.29, 1.82) is 0 Å². The summed E-state index contributed by atoms with van der Waals surface area (Å²) in [5, 5.41) is 5.43. The maximum Gasteiger partial charge on any atom is 0.319 e. The lowest BCUT2D eigenvalue weighted by atomic mass is 10.2. The third-order valence-electron chi connectivity index (χ3n) is 2.47. The Bertz CT molecular complexity index is 555. The standard InChI is InChI=1S/C14H12FIN2O/c15-11-3-1-10(2-4-11)9-17-14(19)18-13-7-5-12(16)6-8-13/h1-8H,9H2,(H2,17,18,19). The third kappa shape index (κ3) is 4.51. The van der Waals surface area contributed by atoms with E-state index >= 15 is 0 Å². The summed E-state index contributed by atoms with van der Waals surface area (Å²) in [6.45, 7) is 0.358. The number of amides is 2. The van der Waals surface area contributed by atoms with E-state index in [-0.39, 0.29) is 11.8 Å². The molecule has 0 radical (unpaired) electrons. The molecule has 0 fully saturated rings. The lowest BCUT2D eigenvalue weighted by Gasteiger charge is -2.07. The van der Waals surface area contributed by atoms with Gasteiger partial charge in [-0.2, -0.15) is 0 Å². The Balaban J connectivity index is 1.84. The molecule has 0 saturated carbocycles. The number of rotatable bonds is 3. The molecule has 2 aromatic rings. The second-order valence-electron chi connectivity index (χ2n) is 3.94. The van der Waals surface area contributed by atoms with Crippen molar-refractivity contribution >= 4 is 34.3 Å². The summed E-state index contributed by atoms with van der Waals surface area (Å²) in [6.07, 6.45) is 0. The predicted octanol–water partition coefficient (Wildman–Crippen LogP) is 3.75. The van der Waals surface area contributed by atoms with Crippen molar-refractivity contribution in [3.63, 3.8) is 0 Å². The van der Waals surface area contributed by atoms with Gasteiger partial charge in [0.05, 0.1) is 0 Å². The van der Waals surface area contributed by atoms with Crippen molar-refractivity contribution in [1.82, 2.24) is 5.32 Å². The van der Waals surface area contributed by atoms with Gasteiger partial charge in [-0.3, -0.25) is 0 Å². The summed E-state index contributed by atoms with van der Waals surface area (Å²) >= 11 is 2.20. The molecule has 0 bridgehead atoms. The average molecular weight is 370 g/mol. The van der Waals surface area contributed by atoms with Crippen molar-refractivity contribution in [3.8, 4) is 0 Å². The van der Waals surface area contributed by atoms with Crippen LogP contribution in [0.15, 0.2) is 48.5 Å². The molecule has 0 spiro atoms. The highest BCUT2D eigenvalue weighted by molar-refractivity contribution is 14.1. The van der Waals surface area contributed by atoms with E-state index in [0.717, 1.165) is 14.8 Å². The van der Waals surface area contributed by atoms with E-state index in [1.54, 1.807) is 12.1 Å². The zero-order valence-electron chi connectivity index (χ0n) is 9.99. The SMILES string of the molecule is O=C(NCc1ccc(F)cc1)Nc1ccc(I)cc1. The predicted molar refractivity (Wildman–Crippen MR) is 81.4 cm³/mol. The molecule has 0 unspecified atom stereocenters. The summed E-state index contributed by atoms with van der Waals surface area (Å²) in [4.78, 5) is 11.6. The summed E-state index contributed by atoms with van der Waals surface area (Å²) in [6, 6.07) is 13.2. The molecule has 0 aliphatic heterocycles. The van der Waals surface area contributed by atoms with E-state index < -0.39 is 0 Å². The number of carbonyl (C=O) groups is 1. The van der Waals surface area contributed by atoms with Crippen LogP contribution in [0.4, 0.5) is 14.9 Å². The first-order valence-electron chi connectivity index (χ1n) is 5.68. The van der Waals surface area contributed by atoms with E-state index in [1.807, 2.05) is 24.3 Å². The number of nitrogens with one attached hydrogen (secondary N) is 2. The normalized spacial score (nSPS) is 10.0. The number of halogens is 2. The molecule has 98 valence electrons. The number of benzene rings is 2. The Kier molecular flexibility index (Phi) is 4.73. The molecule has 5 heteroatoms. The topological polar surface area (TPSA) is 41.1 Å². The zero-order valence-corrected chi connectivity index (χ0v) is 12.1. The van der Waals surface area contributed by atoms with Gasteiger partial charge in [-0.25, -0.2) is 9.18 Å². The van der Waals surface area contributed by atoms with E-state index in [1.165, 1.54) is 12.1 Å². The molecule has 0 saturated heterocycles. The maximum atomic E-state index is 12.7. The number of hydrogen-bond donors (Lipinski definition) is 2. The minimum atomic E-state index is -0.287. The molecule has 0 heterocycles. The molecular formula is C14H12FIN2O. The maximum absolute atomic E-state index is 12.7. The molecule has 2 rings (SSSR count). The second kappa shape index (κ2) is 6.51. The zero-order chi connectivity index (χ0) is 13.7. The van der Waals surface area contributed by atoms with E-state index in [2.05, 4.69) is 33.2 Å². The Morgan fingerprint density at radius 1 is 1.05 bits per heavy atom. The Morgan fingerprint density at radius 2 is 1.68 bits per heavy atom. The molecule has 2 amide bonds. The van der Waals surface area contributed by atoms with Gasteiger partial charge < -0.3 is 10.6 Å². The Labute approximate surface area is 124 Å². The average Bonchev–Trinajstić information content (AvgIpc) is 2.41. The van der Waals surface area contributed by atoms with Gasteiger partial charge in [-0.15, -0.1) is 0 Å². The van der Waals surface area contributed by atoms with Crippen molar-refractivity contribution in [2.75, 3.05) is 5.32 Å². The van der Waals surface area contributed by atoms with Gasteiger partial charge in [0.2, 0.25) is 0 Å². The van der Waals surface area contributed by atoms with Gasteiger partial charge in [0.1, 0.15) is 5.82 Å². The fraction of sp³-hybridized carbons (Fsp3) is 0.0714. The van der Waals surface area contributed by atoms with Gasteiger partial charge >= 0.3 is 6.03 Å². The smallest absolute Gasteiger partial charge is 0.319 e. The molecular weight excluding hydrogens is 358 g/mol. The van der Waals surface area contributed by atoms with Crippen LogP contribution in [-0.2, 0) is 6.54 Å². The Hall–Kier alpha value is -1.63. The molecule has 0 aromatic heterocycles. The number of anilines is 1. The fourth-order valence-corrected chi connectivity index (χ4v) is 1.85. The van der Waals surface area contributed by atoms with Gasteiger partial charge in [-0.1, -0.05) is 12.1 Å². The summed E-state index contributed by atoms with van der Waals surface area (Å²) in [5.74, 6) is -0.285. The number of urea groups is 1. The molecule has 19 heavy (non-hydrogen) atoms. The highest BCUT2D eigenvalue weighted by Gasteiger charge is 2.01. The molecule has 2 N–H and O–H groups in total. The highest BCUT2D eigenvalue weighted by atomic mass is 127. The first-order valence-corrected chi connectivity index (χ1v) is 6.76. The van der Waals surface area contributed by atoms with Crippen LogP contribution < -0.4 is 10.6 Å². The van der Waals surface area contributed by atoms with Crippen LogP contribution in [0, 0.1) is 9.39 Å². The van der Waals surface area contributed by atoms with Crippen molar-refractivity contribution in [3.05, 3.63) is 63.5 Å². The summed E-state index contributed by atoms with van der Waals surface area (Å²) in [7, 11) is 0. The lowest BCUT2D eigenvalue weighted by Crippen LogP contribution is -2.28. The van der Waals surface area contributed by atoms with Crippen LogP contribution in [0.3, 0.4) is 0 Å². The van der Waals surface area contributed by atoms with Gasteiger partial charge in [0.25, 0.3) is 0 Å². The molecule has 3 nitrogen and oxygen atoms in total. The monoisotopic (exact) mass is 370 g/mol. The summed E-state index contributed by atoms with van der Waals surface area (Å²) in [5.41, 5.74) is 1.58. The van der Waals surface area contributed by atoms with Gasteiger partial charge in [0.15, 0.2) is 0 Å². The molecule has 0 aliphatic rings. The van der Waals surface area contributed by atoms with E-state index in [9.17, 15) is 9.18 Å². The van der Waals surface area contributed by atoms with Crippen molar-refractivity contribution in [2.45, 2.75) is 6.54 Å². The molecule has 0 atom stereocenters. The van der Waals surface area contributed by atoms with Crippen LogP contribution in [0.25, 0.3) is 0 Å². The number of carbonyl (C=O) groups excluding carboxylic acids is 1. The van der Waals surface area contributed by atoms with Crippen molar-refractivity contribution < 1.29 is 9.18 Å². The lowest BCUT2D eigenvalue weighted by molar-refractivity contribution is 0.251. The van der Waals surface area contributed by atoms with Gasteiger partial charge in [-0.05, 0) is 64.6 Å². The third-order valence-corrected chi connectivity index (χ3v) is 3.19. The largest absolute Gasteiger partial charge is 0.334 e. The quantitative estimate of drug-likeness (QED) is 0.794. The minimum Gasteiger partial charge on any atom is -0.334 e.